The number of carbonyl (C=O) groups is 2. The van der Waals surface area contributed by atoms with Crippen LogP contribution in [-0.4, -0.2) is 38.4 Å². The van der Waals surface area contributed by atoms with Gasteiger partial charge in [-0.2, -0.15) is 0 Å². The summed E-state index contributed by atoms with van der Waals surface area (Å²) in [6, 6.07) is 14.3. The number of benzene rings is 2. The van der Waals surface area contributed by atoms with E-state index in [9.17, 15) is 14.7 Å². The number of aromatic nitrogens is 3. The van der Waals surface area contributed by atoms with Crippen LogP contribution in [0, 0.1) is 0 Å². The van der Waals surface area contributed by atoms with Crippen molar-refractivity contribution in [2.45, 2.75) is 18.7 Å². The maximum absolute atomic E-state index is 12.0. The largest absolute Gasteiger partial charge is 0.477 e. The molecular formula is C23H18ClN3O5S. The van der Waals surface area contributed by atoms with Gasteiger partial charge in [-0.25, -0.2) is 4.79 Å². The normalized spacial score (nSPS) is 11.6. The van der Waals surface area contributed by atoms with Crippen LogP contribution in [-0.2, 0) is 20.9 Å². The van der Waals surface area contributed by atoms with Crippen molar-refractivity contribution in [2.24, 2.45) is 0 Å². The molecule has 0 atom stereocenters. The number of carboxylic acids is 1. The minimum Gasteiger partial charge on any atom is -0.477 e. The Labute approximate surface area is 197 Å². The SMILES string of the molecule is CCOC(=O)Cn1cc(/C=C(\Sc2nnc(-c3ccc(Cl)cc3)o2)C(=O)O)c2ccccc21. The fourth-order valence-electron chi connectivity index (χ4n) is 3.20. The molecule has 8 nitrogen and oxygen atoms in total. The molecule has 168 valence electrons. The van der Waals surface area contributed by atoms with E-state index in [4.69, 9.17) is 20.8 Å². The lowest BCUT2D eigenvalue weighted by molar-refractivity contribution is -0.143. The van der Waals surface area contributed by atoms with Gasteiger partial charge >= 0.3 is 11.9 Å². The monoisotopic (exact) mass is 483 g/mol. The molecule has 0 saturated heterocycles. The highest BCUT2D eigenvalue weighted by molar-refractivity contribution is 8.03. The first-order valence-corrected chi connectivity index (χ1v) is 11.1. The lowest BCUT2D eigenvalue weighted by Gasteiger charge is -2.04. The first kappa shape index (κ1) is 22.6. The number of thioether (sulfide) groups is 1. The van der Waals surface area contributed by atoms with E-state index in [1.165, 1.54) is 6.08 Å². The van der Waals surface area contributed by atoms with Crippen LogP contribution in [0.2, 0.25) is 5.02 Å². The van der Waals surface area contributed by atoms with Gasteiger partial charge in [0, 0.05) is 33.2 Å². The fourth-order valence-corrected chi connectivity index (χ4v) is 3.99. The fraction of sp³-hybridized carbons (Fsp3) is 0.130. The van der Waals surface area contributed by atoms with Gasteiger partial charge in [-0.1, -0.05) is 29.8 Å². The maximum Gasteiger partial charge on any atom is 0.342 e. The molecule has 0 radical (unpaired) electrons. The summed E-state index contributed by atoms with van der Waals surface area (Å²) in [4.78, 5) is 23.9. The number of esters is 1. The Hall–Kier alpha value is -3.56. The number of fused-ring (bicyclic) bond motifs is 1. The van der Waals surface area contributed by atoms with Crippen LogP contribution in [0.3, 0.4) is 0 Å². The number of para-hydroxylation sites is 1. The molecule has 0 bridgehead atoms. The second-order valence-corrected chi connectivity index (χ2v) is 8.26. The van der Waals surface area contributed by atoms with Crippen LogP contribution in [0.15, 0.2) is 69.3 Å². The molecule has 0 spiro atoms. The molecule has 4 aromatic rings. The smallest absolute Gasteiger partial charge is 0.342 e. The Bertz CT molecular complexity index is 1340. The number of aliphatic carboxylic acids is 1. The third-order valence-corrected chi connectivity index (χ3v) is 5.72. The molecule has 0 unspecified atom stereocenters. The van der Waals surface area contributed by atoms with Gasteiger partial charge in [-0.15, -0.1) is 10.2 Å². The van der Waals surface area contributed by atoms with Gasteiger partial charge in [0.25, 0.3) is 5.22 Å². The average molecular weight is 484 g/mol. The standard InChI is InChI=1S/C23H18ClN3O5S/c1-2-31-20(28)13-27-12-15(17-5-3-4-6-18(17)27)11-19(22(29)30)33-23-26-25-21(32-23)14-7-9-16(24)10-8-14/h3-12H,2,13H2,1H3,(H,29,30)/b19-11-. The summed E-state index contributed by atoms with van der Waals surface area (Å²) in [6.07, 6.45) is 3.24. The second kappa shape index (κ2) is 9.93. The summed E-state index contributed by atoms with van der Waals surface area (Å²) in [5.41, 5.74) is 2.09. The van der Waals surface area contributed by atoms with E-state index in [1.54, 1.807) is 42.0 Å². The third-order valence-electron chi connectivity index (χ3n) is 4.62. The number of ether oxygens (including phenoxy) is 1. The van der Waals surface area contributed by atoms with Crippen molar-refractivity contribution >= 4 is 52.3 Å². The van der Waals surface area contributed by atoms with Gasteiger partial charge in [0.05, 0.1) is 6.61 Å². The molecule has 4 rings (SSSR count). The van der Waals surface area contributed by atoms with Crippen molar-refractivity contribution in [1.82, 2.24) is 14.8 Å². The number of hydrogen-bond donors (Lipinski definition) is 1. The highest BCUT2D eigenvalue weighted by atomic mass is 35.5. The molecule has 2 heterocycles. The Morgan fingerprint density at radius 3 is 2.67 bits per heavy atom. The minimum absolute atomic E-state index is 0.0136. The zero-order chi connectivity index (χ0) is 23.4. The lowest BCUT2D eigenvalue weighted by atomic mass is 10.1. The molecule has 10 heteroatoms. The molecule has 0 amide bonds. The Morgan fingerprint density at radius 1 is 1.18 bits per heavy atom. The molecule has 0 aliphatic rings. The van der Waals surface area contributed by atoms with Gasteiger partial charge < -0.3 is 18.8 Å². The van der Waals surface area contributed by atoms with Crippen molar-refractivity contribution in [2.75, 3.05) is 6.61 Å². The number of hydrogen-bond acceptors (Lipinski definition) is 7. The van der Waals surface area contributed by atoms with Crippen LogP contribution in [0.5, 0.6) is 0 Å². The van der Waals surface area contributed by atoms with Gasteiger partial charge in [-0.3, -0.25) is 4.79 Å². The van der Waals surface area contributed by atoms with E-state index < -0.39 is 5.97 Å². The Balaban J connectivity index is 1.64. The van der Waals surface area contributed by atoms with Crippen LogP contribution in [0.25, 0.3) is 28.4 Å². The number of carboxylic acid groups (broad SMARTS) is 1. The summed E-state index contributed by atoms with van der Waals surface area (Å²) in [7, 11) is 0. The van der Waals surface area contributed by atoms with Crippen molar-refractivity contribution in [3.63, 3.8) is 0 Å². The Kier molecular flexibility index (Phi) is 6.81. The molecule has 0 aliphatic heterocycles. The first-order chi connectivity index (χ1) is 15.9. The second-order valence-electron chi connectivity index (χ2n) is 6.83. The topological polar surface area (TPSA) is 107 Å². The molecule has 2 aromatic heterocycles. The van der Waals surface area contributed by atoms with E-state index in [0.717, 1.165) is 22.7 Å². The number of nitrogens with zero attached hydrogens (tertiary/aromatic N) is 3. The molecular weight excluding hydrogens is 466 g/mol. The summed E-state index contributed by atoms with van der Waals surface area (Å²) in [6.45, 7) is 2.05. The number of carbonyl (C=O) groups excluding carboxylic acids is 1. The number of rotatable bonds is 8. The molecule has 0 aliphatic carbocycles. The predicted molar refractivity (Wildman–Crippen MR) is 125 cm³/mol. The third kappa shape index (κ3) is 5.27. The van der Waals surface area contributed by atoms with Gasteiger partial charge in [0.15, 0.2) is 0 Å². The summed E-state index contributed by atoms with van der Waals surface area (Å²) < 4.78 is 12.4. The molecule has 33 heavy (non-hydrogen) atoms. The highest BCUT2D eigenvalue weighted by Crippen LogP contribution is 2.32. The van der Waals surface area contributed by atoms with Crippen LogP contribution >= 0.6 is 23.4 Å². The van der Waals surface area contributed by atoms with Crippen LogP contribution < -0.4 is 0 Å². The van der Waals surface area contributed by atoms with E-state index in [2.05, 4.69) is 10.2 Å². The van der Waals surface area contributed by atoms with Crippen molar-refractivity contribution < 1.29 is 23.8 Å². The molecule has 0 fully saturated rings. The van der Waals surface area contributed by atoms with Gasteiger partial charge in [0.1, 0.15) is 11.4 Å². The zero-order valence-electron chi connectivity index (χ0n) is 17.4. The Morgan fingerprint density at radius 2 is 1.94 bits per heavy atom. The maximum atomic E-state index is 12.0. The van der Waals surface area contributed by atoms with Crippen molar-refractivity contribution in [1.29, 1.82) is 0 Å². The van der Waals surface area contributed by atoms with E-state index >= 15 is 0 Å². The van der Waals surface area contributed by atoms with E-state index in [0.29, 0.717) is 16.1 Å². The summed E-state index contributed by atoms with van der Waals surface area (Å²) >= 11 is 6.75. The first-order valence-electron chi connectivity index (χ1n) is 9.90. The van der Waals surface area contributed by atoms with Gasteiger partial charge in [0.2, 0.25) is 5.89 Å². The van der Waals surface area contributed by atoms with Gasteiger partial charge in [-0.05, 0) is 55.1 Å². The zero-order valence-corrected chi connectivity index (χ0v) is 19.0. The van der Waals surface area contributed by atoms with E-state index in [1.807, 2.05) is 24.3 Å². The molecule has 2 aromatic carbocycles. The summed E-state index contributed by atoms with van der Waals surface area (Å²) in [5, 5.41) is 19.2. The molecule has 0 saturated carbocycles. The lowest BCUT2D eigenvalue weighted by Crippen LogP contribution is -2.12. The summed E-state index contributed by atoms with van der Waals surface area (Å²) in [5.74, 6) is -1.26. The molecule has 1 N–H and O–H groups in total. The van der Waals surface area contributed by atoms with Crippen molar-refractivity contribution in [3.05, 3.63) is 70.2 Å². The quantitative estimate of drug-likeness (QED) is 0.209. The van der Waals surface area contributed by atoms with Crippen molar-refractivity contribution in [3.8, 4) is 11.5 Å². The average Bonchev–Trinajstić information content (AvgIpc) is 3.39. The van der Waals surface area contributed by atoms with Crippen LogP contribution in [0.1, 0.15) is 12.5 Å². The number of halogens is 1. The van der Waals surface area contributed by atoms with Crippen LogP contribution in [0.4, 0.5) is 0 Å². The minimum atomic E-state index is -1.14. The predicted octanol–water partition coefficient (Wildman–Crippen LogP) is 5.13. The highest BCUT2D eigenvalue weighted by Gasteiger charge is 2.18. The van der Waals surface area contributed by atoms with E-state index in [-0.39, 0.29) is 35.1 Å².